The first-order valence-electron chi connectivity index (χ1n) is 9.27. The van der Waals surface area contributed by atoms with E-state index in [4.69, 9.17) is 5.11 Å². The van der Waals surface area contributed by atoms with Gasteiger partial charge in [-0.15, -0.1) is 0 Å². The number of unbranched alkanes of at least 4 members (excludes halogenated alkanes) is 1. The molecule has 1 atom stereocenters. The first-order chi connectivity index (χ1) is 11.8. The Morgan fingerprint density at radius 2 is 1.80 bits per heavy atom. The van der Waals surface area contributed by atoms with E-state index in [0.29, 0.717) is 32.4 Å². The molecule has 1 amide bonds. The third kappa shape index (κ3) is 5.41. The van der Waals surface area contributed by atoms with Crippen molar-refractivity contribution in [2.75, 3.05) is 25.4 Å². The van der Waals surface area contributed by atoms with Crippen LogP contribution >= 0.6 is 0 Å². The Morgan fingerprint density at radius 3 is 2.28 bits per heavy atom. The van der Waals surface area contributed by atoms with Crippen LogP contribution in [0.15, 0.2) is 0 Å². The van der Waals surface area contributed by atoms with Crippen LogP contribution in [0.1, 0.15) is 52.4 Å². The lowest BCUT2D eigenvalue weighted by Gasteiger charge is -2.34. The molecule has 144 valence electrons. The minimum atomic E-state index is -3.22. The second-order valence-corrected chi connectivity index (χ2v) is 9.39. The van der Waals surface area contributed by atoms with Gasteiger partial charge in [-0.2, -0.15) is 0 Å². The molecule has 0 bridgehead atoms. The molecule has 1 unspecified atom stereocenters. The SMILES string of the molecule is CCCCS(=O)(=O)N1CCC(C(=O)N(CC(C)C(=O)O)C2CC2)CC1. The summed E-state index contributed by atoms with van der Waals surface area (Å²) < 4.78 is 26.0. The van der Waals surface area contributed by atoms with Crippen molar-refractivity contribution >= 4 is 21.9 Å². The summed E-state index contributed by atoms with van der Waals surface area (Å²) in [6.07, 6.45) is 4.41. The van der Waals surface area contributed by atoms with Crippen molar-refractivity contribution in [3.05, 3.63) is 0 Å². The number of hydrogen-bond acceptors (Lipinski definition) is 4. The summed E-state index contributed by atoms with van der Waals surface area (Å²) in [5.74, 6) is -1.50. The zero-order valence-electron chi connectivity index (χ0n) is 15.2. The highest BCUT2D eigenvalue weighted by molar-refractivity contribution is 7.89. The lowest BCUT2D eigenvalue weighted by molar-refractivity contribution is -0.144. The van der Waals surface area contributed by atoms with Gasteiger partial charge in [-0.1, -0.05) is 20.3 Å². The predicted octanol–water partition coefficient (Wildman–Crippen LogP) is 1.54. The fourth-order valence-corrected chi connectivity index (χ4v) is 4.93. The molecule has 0 aromatic heterocycles. The number of carboxylic acid groups (broad SMARTS) is 1. The van der Waals surface area contributed by atoms with Crippen molar-refractivity contribution in [2.24, 2.45) is 11.8 Å². The maximum atomic E-state index is 12.8. The van der Waals surface area contributed by atoms with Crippen LogP contribution in [0.5, 0.6) is 0 Å². The number of amides is 1. The topological polar surface area (TPSA) is 95.0 Å². The molecule has 1 saturated heterocycles. The van der Waals surface area contributed by atoms with E-state index in [0.717, 1.165) is 19.3 Å². The van der Waals surface area contributed by atoms with Gasteiger partial charge in [0.2, 0.25) is 15.9 Å². The van der Waals surface area contributed by atoms with Gasteiger partial charge in [0.05, 0.1) is 11.7 Å². The summed E-state index contributed by atoms with van der Waals surface area (Å²) in [6.45, 7) is 4.59. The maximum absolute atomic E-state index is 12.8. The minimum Gasteiger partial charge on any atom is -0.481 e. The number of piperidine rings is 1. The van der Waals surface area contributed by atoms with Crippen LogP contribution < -0.4 is 0 Å². The molecule has 2 aliphatic rings. The zero-order chi connectivity index (χ0) is 18.6. The van der Waals surface area contributed by atoms with Gasteiger partial charge in [0, 0.05) is 31.6 Å². The average molecular weight is 375 g/mol. The van der Waals surface area contributed by atoms with Gasteiger partial charge in [0.1, 0.15) is 0 Å². The van der Waals surface area contributed by atoms with Crippen LogP contribution in [0.4, 0.5) is 0 Å². The average Bonchev–Trinajstić information content (AvgIpc) is 3.42. The van der Waals surface area contributed by atoms with E-state index in [-0.39, 0.29) is 30.2 Å². The molecule has 7 nitrogen and oxygen atoms in total. The van der Waals surface area contributed by atoms with Gasteiger partial charge < -0.3 is 10.0 Å². The van der Waals surface area contributed by atoms with E-state index in [2.05, 4.69) is 0 Å². The standard InChI is InChI=1S/C17H30N2O5S/c1-3-4-11-25(23,24)18-9-7-14(8-10-18)16(20)19(15-5-6-15)12-13(2)17(21)22/h13-15H,3-12H2,1-2H3,(H,21,22). The highest BCUT2D eigenvalue weighted by Gasteiger charge is 2.39. The van der Waals surface area contributed by atoms with Gasteiger partial charge in [0.25, 0.3) is 0 Å². The van der Waals surface area contributed by atoms with E-state index in [9.17, 15) is 18.0 Å². The molecule has 8 heteroatoms. The summed E-state index contributed by atoms with van der Waals surface area (Å²) in [5.41, 5.74) is 0. The number of hydrogen-bond donors (Lipinski definition) is 1. The van der Waals surface area contributed by atoms with Crippen molar-refractivity contribution in [3.8, 4) is 0 Å². The van der Waals surface area contributed by atoms with Crippen LogP contribution in [-0.2, 0) is 19.6 Å². The third-order valence-corrected chi connectivity index (χ3v) is 7.07. The largest absolute Gasteiger partial charge is 0.481 e. The Labute approximate surface area is 150 Å². The van der Waals surface area contributed by atoms with Crippen LogP contribution in [-0.4, -0.2) is 66.0 Å². The van der Waals surface area contributed by atoms with Crippen molar-refractivity contribution in [2.45, 2.75) is 58.4 Å². The molecule has 0 aromatic rings. The van der Waals surface area contributed by atoms with Crippen LogP contribution in [0.2, 0.25) is 0 Å². The molecule has 1 aliphatic heterocycles. The summed E-state index contributed by atoms with van der Waals surface area (Å²) in [4.78, 5) is 25.7. The fraction of sp³-hybridized carbons (Fsp3) is 0.882. The molecule has 1 heterocycles. The van der Waals surface area contributed by atoms with Gasteiger partial charge in [-0.05, 0) is 32.1 Å². The number of aliphatic carboxylic acids is 1. The third-order valence-electron chi connectivity index (χ3n) is 5.12. The summed E-state index contributed by atoms with van der Waals surface area (Å²) in [5, 5.41) is 9.11. The quantitative estimate of drug-likeness (QED) is 0.660. The molecule has 1 saturated carbocycles. The molecule has 2 rings (SSSR count). The predicted molar refractivity (Wildman–Crippen MR) is 94.5 cm³/mol. The minimum absolute atomic E-state index is 0.00112. The Hall–Kier alpha value is -1.15. The second-order valence-electron chi connectivity index (χ2n) is 7.30. The molecule has 0 radical (unpaired) electrons. The lowest BCUT2D eigenvalue weighted by Crippen LogP contribution is -2.47. The smallest absolute Gasteiger partial charge is 0.308 e. The van der Waals surface area contributed by atoms with Crippen LogP contribution in [0.25, 0.3) is 0 Å². The zero-order valence-corrected chi connectivity index (χ0v) is 16.0. The highest BCUT2D eigenvalue weighted by atomic mass is 32.2. The normalized spacial score (nSPS) is 21.0. The highest BCUT2D eigenvalue weighted by Crippen LogP contribution is 2.31. The van der Waals surface area contributed by atoms with E-state index < -0.39 is 21.9 Å². The Bertz CT molecular complexity index is 580. The molecule has 1 aliphatic carbocycles. The number of sulfonamides is 1. The van der Waals surface area contributed by atoms with Crippen molar-refractivity contribution in [3.63, 3.8) is 0 Å². The summed E-state index contributed by atoms with van der Waals surface area (Å²) >= 11 is 0. The van der Waals surface area contributed by atoms with E-state index >= 15 is 0 Å². The Balaban J connectivity index is 1.92. The number of nitrogens with zero attached hydrogens (tertiary/aromatic N) is 2. The summed E-state index contributed by atoms with van der Waals surface area (Å²) in [6, 6.07) is 0.167. The number of rotatable bonds is 9. The van der Waals surface area contributed by atoms with Crippen molar-refractivity contribution in [1.29, 1.82) is 0 Å². The molecule has 1 N–H and O–H groups in total. The monoisotopic (exact) mass is 374 g/mol. The first-order valence-corrected chi connectivity index (χ1v) is 10.9. The van der Waals surface area contributed by atoms with Gasteiger partial charge in [-0.3, -0.25) is 9.59 Å². The molecule has 25 heavy (non-hydrogen) atoms. The lowest BCUT2D eigenvalue weighted by atomic mass is 9.96. The molecule has 0 spiro atoms. The van der Waals surface area contributed by atoms with Crippen LogP contribution in [0, 0.1) is 11.8 Å². The first kappa shape index (κ1) is 20.2. The number of carboxylic acids is 1. The van der Waals surface area contributed by atoms with Gasteiger partial charge in [0.15, 0.2) is 0 Å². The second kappa shape index (κ2) is 8.49. The van der Waals surface area contributed by atoms with E-state index in [1.165, 1.54) is 4.31 Å². The molecular formula is C17H30N2O5S. The van der Waals surface area contributed by atoms with Crippen LogP contribution in [0.3, 0.4) is 0 Å². The van der Waals surface area contributed by atoms with Crippen molar-refractivity contribution < 1.29 is 23.1 Å². The number of carbonyl (C=O) groups excluding carboxylic acids is 1. The van der Waals surface area contributed by atoms with Crippen molar-refractivity contribution in [1.82, 2.24) is 9.21 Å². The summed E-state index contributed by atoms with van der Waals surface area (Å²) in [7, 11) is -3.22. The van der Waals surface area contributed by atoms with E-state index in [1.54, 1.807) is 11.8 Å². The Morgan fingerprint density at radius 1 is 1.20 bits per heavy atom. The van der Waals surface area contributed by atoms with E-state index in [1.807, 2.05) is 6.92 Å². The number of carbonyl (C=O) groups is 2. The molecular weight excluding hydrogens is 344 g/mol. The fourth-order valence-electron chi connectivity index (χ4n) is 3.25. The van der Waals surface area contributed by atoms with Gasteiger partial charge >= 0.3 is 5.97 Å². The maximum Gasteiger partial charge on any atom is 0.308 e. The van der Waals surface area contributed by atoms with Gasteiger partial charge in [-0.25, -0.2) is 12.7 Å². The Kier molecular flexibility index (Phi) is 6.85. The molecule has 0 aromatic carbocycles. The molecule has 2 fully saturated rings.